The van der Waals surface area contributed by atoms with Gasteiger partial charge in [0.05, 0.1) is 5.69 Å². The highest BCUT2D eigenvalue weighted by atomic mass is 19.1. The van der Waals surface area contributed by atoms with Crippen LogP contribution in [0.15, 0.2) is 55.0 Å². The number of aromatic nitrogens is 3. The molecular formula is C19H18FN5. The summed E-state index contributed by atoms with van der Waals surface area (Å²) in [5, 5.41) is 3.33. The van der Waals surface area contributed by atoms with Gasteiger partial charge in [-0.3, -0.25) is 4.98 Å². The Bertz CT molecular complexity index is 845. The summed E-state index contributed by atoms with van der Waals surface area (Å²) in [6.07, 6.45) is 5.32. The number of halogens is 1. The maximum absolute atomic E-state index is 13.3. The molecule has 0 saturated carbocycles. The molecule has 0 bridgehead atoms. The van der Waals surface area contributed by atoms with E-state index < -0.39 is 0 Å². The molecule has 1 aliphatic rings. The minimum absolute atomic E-state index is 0.257. The van der Waals surface area contributed by atoms with Gasteiger partial charge in [0.2, 0.25) is 5.95 Å². The number of hydrogen-bond donors (Lipinski definition) is 1. The van der Waals surface area contributed by atoms with E-state index in [4.69, 9.17) is 4.98 Å². The first kappa shape index (κ1) is 15.7. The lowest BCUT2D eigenvalue weighted by Crippen LogP contribution is -2.44. The smallest absolute Gasteiger partial charge is 0.225 e. The zero-order chi connectivity index (χ0) is 17.1. The number of pyridine rings is 1. The number of nitrogens with zero attached hydrogens (tertiary/aromatic N) is 4. The summed E-state index contributed by atoms with van der Waals surface area (Å²) in [5.74, 6) is 0.465. The molecule has 25 heavy (non-hydrogen) atoms. The van der Waals surface area contributed by atoms with Crippen molar-refractivity contribution in [3.63, 3.8) is 0 Å². The average Bonchev–Trinajstić information content (AvgIpc) is 2.70. The summed E-state index contributed by atoms with van der Waals surface area (Å²) in [6.45, 7) is 3.61. The minimum Gasteiger partial charge on any atom is -0.338 e. The molecule has 1 aromatic carbocycles. The van der Waals surface area contributed by atoms with E-state index in [2.05, 4.69) is 20.2 Å². The first-order chi connectivity index (χ1) is 12.3. The number of anilines is 1. The van der Waals surface area contributed by atoms with Gasteiger partial charge in [-0.2, -0.15) is 0 Å². The first-order valence-electron chi connectivity index (χ1n) is 8.30. The molecule has 1 fully saturated rings. The van der Waals surface area contributed by atoms with Crippen LogP contribution in [0, 0.1) is 5.82 Å². The Kier molecular flexibility index (Phi) is 4.35. The Hall–Kier alpha value is -2.86. The van der Waals surface area contributed by atoms with Gasteiger partial charge in [-0.15, -0.1) is 0 Å². The maximum Gasteiger partial charge on any atom is 0.225 e. The topological polar surface area (TPSA) is 53.9 Å². The van der Waals surface area contributed by atoms with E-state index in [0.29, 0.717) is 0 Å². The summed E-state index contributed by atoms with van der Waals surface area (Å²) < 4.78 is 13.3. The second-order valence-electron chi connectivity index (χ2n) is 5.91. The molecule has 6 heteroatoms. The van der Waals surface area contributed by atoms with Gasteiger partial charge < -0.3 is 10.2 Å². The van der Waals surface area contributed by atoms with Gasteiger partial charge in [0, 0.05) is 55.9 Å². The summed E-state index contributed by atoms with van der Waals surface area (Å²) in [7, 11) is 0. The number of piperazine rings is 1. The SMILES string of the molecule is Fc1ccc(-c2cnc(N3CCNCC3)nc2-c2ccncc2)cc1. The summed E-state index contributed by atoms with van der Waals surface area (Å²) in [6, 6.07) is 10.3. The van der Waals surface area contributed by atoms with Crippen LogP contribution in [0.1, 0.15) is 0 Å². The van der Waals surface area contributed by atoms with E-state index in [9.17, 15) is 4.39 Å². The second kappa shape index (κ2) is 6.94. The second-order valence-corrected chi connectivity index (χ2v) is 5.91. The van der Waals surface area contributed by atoms with E-state index >= 15 is 0 Å². The number of hydrogen-bond acceptors (Lipinski definition) is 5. The molecule has 2 aromatic heterocycles. The molecule has 0 aliphatic carbocycles. The normalized spacial score (nSPS) is 14.5. The zero-order valence-electron chi connectivity index (χ0n) is 13.7. The predicted molar refractivity (Wildman–Crippen MR) is 95.7 cm³/mol. The Balaban J connectivity index is 1.81. The summed E-state index contributed by atoms with van der Waals surface area (Å²) in [5.41, 5.74) is 3.57. The van der Waals surface area contributed by atoms with E-state index in [0.717, 1.165) is 54.5 Å². The Morgan fingerprint density at radius 2 is 1.64 bits per heavy atom. The molecule has 0 atom stereocenters. The lowest BCUT2D eigenvalue weighted by atomic mass is 10.0. The molecule has 0 spiro atoms. The largest absolute Gasteiger partial charge is 0.338 e. The van der Waals surface area contributed by atoms with Crippen LogP contribution in [-0.2, 0) is 0 Å². The van der Waals surface area contributed by atoms with Crippen LogP contribution < -0.4 is 10.2 Å². The zero-order valence-corrected chi connectivity index (χ0v) is 13.7. The highest BCUT2D eigenvalue weighted by Crippen LogP contribution is 2.31. The fourth-order valence-corrected chi connectivity index (χ4v) is 2.96. The quantitative estimate of drug-likeness (QED) is 0.798. The molecule has 0 unspecified atom stereocenters. The third-order valence-electron chi connectivity index (χ3n) is 4.28. The van der Waals surface area contributed by atoms with Gasteiger partial charge in [-0.05, 0) is 29.8 Å². The van der Waals surface area contributed by atoms with E-state index in [1.165, 1.54) is 12.1 Å². The third-order valence-corrected chi connectivity index (χ3v) is 4.28. The van der Waals surface area contributed by atoms with Crippen molar-refractivity contribution in [3.8, 4) is 22.4 Å². The van der Waals surface area contributed by atoms with E-state index in [-0.39, 0.29) is 5.82 Å². The number of nitrogens with one attached hydrogen (secondary N) is 1. The fraction of sp³-hybridized carbons (Fsp3) is 0.211. The fourth-order valence-electron chi connectivity index (χ4n) is 2.96. The van der Waals surface area contributed by atoms with Gasteiger partial charge in [0.25, 0.3) is 0 Å². The summed E-state index contributed by atoms with van der Waals surface area (Å²) in [4.78, 5) is 15.7. The van der Waals surface area contributed by atoms with Crippen molar-refractivity contribution in [3.05, 3.63) is 60.8 Å². The Labute approximate surface area is 145 Å². The van der Waals surface area contributed by atoms with Crippen LogP contribution in [-0.4, -0.2) is 41.1 Å². The molecule has 1 aliphatic heterocycles. The molecule has 0 radical (unpaired) electrons. The molecule has 4 rings (SSSR count). The van der Waals surface area contributed by atoms with Crippen LogP contribution in [0.2, 0.25) is 0 Å². The lowest BCUT2D eigenvalue weighted by molar-refractivity contribution is 0.580. The van der Waals surface area contributed by atoms with Crippen molar-refractivity contribution < 1.29 is 4.39 Å². The Morgan fingerprint density at radius 1 is 0.920 bits per heavy atom. The van der Waals surface area contributed by atoms with Gasteiger partial charge in [0.1, 0.15) is 5.82 Å². The van der Waals surface area contributed by atoms with Crippen molar-refractivity contribution in [2.75, 3.05) is 31.1 Å². The van der Waals surface area contributed by atoms with Gasteiger partial charge in [-0.1, -0.05) is 12.1 Å². The summed E-state index contributed by atoms with van der Waals surface area (Å²) >= 11 is 0. The monoisotopic (exact) mass is 335 g/mol. The molecule has 1 saturated heterocycles. The van der Waals surface area contributed by atoms with Crippen molar-refractivity contribution in [2.24, 2.45) is 0 Å². The first-order valence-corrected chi connectivity index (χ1v) is 8.30. The van der Waals surface area contributed by atoms with Gasteiger partial charge >= 0.3 is 0 Å². The van der Waals surface area contributed by atoms with E-state index in [1.54, 1.807) is 24.5 Å². The highest BCUT2D eigenvalue weighted by Gasteiger charge is 2.17. The van der Waals surface area contributed by atoms with E-state index in [1.807, 2.05) is 18.3 Å². The van der Waals surface area contributed by atoms with Crippen LogP contribution in [0.25, 0.3) is 22.4 Å². The van der Waals surface area contributed by atoms with Crippen molar-refractivity contribution in [2.45, 2.75) is 0 Å². The van der Waals surface area contributed by atoms with Crippen molar-refractivity contribution >= 4 is 5.95 Å². The number of rotatable bonds is 3. The van der Waals surface area contributed by atoms with Crippen LogP contribution >= 0.6 is 0 Å². The minimum atomic E-state index is -0.257. The molecular weight excluding hydrogens is 317 g/mol. The Morgan fingerprint density at radius 3 is 2.36 bits per heavy atom. The third kappa shape index (κ3) is 3.34. The molecule has 5 nitrogen and oxygen atoms in total. The molecule has 3 heterocycles. The highest BCUT2D eigenvalue weighted by molar-refractivity contribution is 5.80. The van der Waals surface area contributed by atoms with Crippen LogP contribution in [0.4, 0.5) is 10.3 Å². The maximum atomic E-state index is 13.3. The standard InChI is InChI=1S/C19H18FN5/c20-16-3-1-14(2-4-16)17-13-23-19(25-11-9-22-10-12-25)24-18(17)15-5-7-21-8-6-15/h1-8,13,22H,9-12H2. The molecule has 126 valence electrons. The van der Waals surface area contributed by atoms with Crippen molar-refractivity contribution in [1.82, 2.24) is 20.3 Å². The molecule has 3 aromatic rings. The van der Waals surface area contributed by atoms with Crippen LogP contribution in [0.5, 0.6) is 0 Å². The average molecular weight is 335 g/mol. The number of benzene rings is 1. The molecule has 0 amide bonds. The predicted octanol–water partition coefficient (Wildman–Crippen LogP) is 2.75. The molecule has 1 N–H and O–H groups in total. The van der Waals surface area contributed by atoms with Crippen LogP contribution in [0.3, 0.4) is 0 Å². The van der Waals surface area contributed by atoms with Crippen molar-refractivity contribution in [1.29, 1.82) is 0 Å². The van der Waals surface area contributed by atoms with Gasteiger partial charge in [0.15, 0.2) is 0 Å². The van der Waals surface area contributed by atoms with Gasteiger partial charge in [-0.25, -0.2) is 14.4 Å². The lowest BCUT2D eigenvalue weighted by Gasteiger charge is -2.27.